The van der Waals surface area contributed by atoms with Crippen molar-refractivity contribution in [3.05, 3.63) is 25.3 Å². The summed E-state index contributed by atoms with van der Waals surface area (Å²) >= 11 is 0. The third-order valence-electron chi connectivity index (χ3n) is 5.02. The number of nitrogens with zero attached hydrogens (tertiary/aromatic N) is 1. The van der Waals surface area contributed by atoms with Crippen molar-refractivity contribution >= 4 is 18.4 Å². The smallest absolute Gasteiger partial charge is 0.327 e. The Morgan fingerprint density at radius 3 is 1.58 bits per heavy atom. The predicted molar refractivity (Wildman–Crippen MR) is 118 cm³/mol. The average molecular weight is 390 g/mol. The summed E-state index contributed by atoms with van der Waals surface area (Å²) in [5.74, 6) is -0.981. The number of aliphatic carboxylic acids is 1. The Morgan fingerprint density at radius 2 is 1.31 bits per heavy atom. The van der Waals surface area contributed by atoms with Crippen LogP contribution in [0.15, 0.2) is 25.3 Å². The number of carbonyl (C=O) groups is 1. The molecule has 1 unspecified atom stereocenters. The lowest BCUT2D eigenvalue weighted by molar-refractivity contribution is -0.131. The van der Waals surface area contributed by atoms with Gasteiger partial charge in [0.15, 0.2) is 0 Å². The molecule has 0 aliphatic rings. The second kappa shape index (κ2) is 20.5. The molecule has 4 heteroatoms. The second-order valence-electron chi connectivity index (χ2n) is 7.03. The zero-order valence-electron chi connectivity index (χ0n) is 17.8. The fraction of sp³-hybridized carbons (Fsp3) is 0.773. The van der Waals surface area contributed by atoms with Gasteiger partial charge in [0.25, 0.3) is 0 Å². The topological polar surface area (TPSA) is 40.5 Å². The molecule has 0 aromatic heterocycles. The standard InChI is InChI=1S/C19H39N.C3H4O2.ClH/c1-6-9-10-11-12-13-14-15-16-17-18-19(7-2,8-3)20(4)5;1-2-3(4)5;/h7H,2,6,8-18H2,1,3-5H3;2H,1H2,(H,4,5);1H. The Bertz CT molecular complexity index is 345. The zero-order chi connectivity index (χ0) is 19.6. The van der Waals surface area contributed by atoms with E-state index in [4.69, 9.17) is 5.11 Å². The molecule has 0 saturated carbocycles. The highest BCUT2D eigenvalue weighted by Crippen LogP contribution is 2.26. The van der Waals surface area contributed by atoms with Crippen molar-refractivity contribution < 1.29 is 9.90 Å². The number of hydrogen-bond acceptors (Lipinski definition) is 2. The first-order valence-corrected chi connectivity index (χ1v) is 10.1. The van der Waals surface area contributed by atoms with Crippen molar-refractivity contribution in [2.75, 3.05) is 14.1 Å². The lowest BCUT2D eigenvalue weighted by Gasteiger charge is -2.36. The van der Waals surface area contributed by atoms with Gasteiger partial charge in [-0.05, 0) is 26.9 Å². The van der Waals surface area contributed by atoms with E-state index in [1.54, 1.807) is 0 Å². The van der Waals surface area contributed by atoms with Gasteiger partial charge in [-0.3, -0.25) is 0 Å². The highest BCUT2D eigenvalue weighted by atomic mass is 35.5. The zero-order valence-corrected chi connectivity index (χ0v) is 18.6. The molecule has 0 heterocycles. The molecule has 1 N–H and O–H groups in total. The number of carboxylic acid groups (broad SMARTS) is 1. The minimum Gasteiger partial charge on any atom is -0.478 e. The minimum atomic E-state index is -0.981. The molecule has 0 spiro atoms. The lowest BCUT2D eigenvalue weighted by Crippen LogP contribution is -2.41. The largest absolute Gasteiger partial charge is 0.478 e. The third kappa shape index (κ3) is 16.7. The van der Waals surface area contributed by atoms with Crippen molar-refractivity contribution in [2.24, 2.45) is 0 Å². The van der Waals surface area contributed by atoms with Crippen molar-refractivity contribution in [1.82, 2.24) is 4.90 Å². The molecule has 0 aromatic rings. The van der Waals surface area contributed by atoms with E-state index in [0.29, 0.717) is 0 Å². The van der Waals surface area contributed by atoms with Crippen LogP contribution in [0, 0.1) is 0 Å². The highest BCUT2D eigenvalue weighted by molar-refractivity contribution is 5.85. The number of halogens is 1. The van der Waals surface area contributed by atoms with E-state index in [9.17, 15) is 4.79 Å². The van der Waals surface area contributed by atoms with Crippen LogP contribution >= 0.6 is 12.4 Å². The normalized spacial score (nSPS) is 12.3. The molecule has 0 fully saturated rings. The van der Waals surface area contributed by atoms with Crippen LogP contribution in [0.2, 0.25) is 0 Å². The van der Waals surface area contributed by atoms with Gasteiger partial charge in [-0.2, -0.15) is 0 Å². The number of carboxylic acids is 1. The van der Waals surface area contributed by atoms with Gasteiger partial charge in [0.1, 0.15) is 0 Å². The van der Waals surface area contributed by atoms with Gasteiger partial charge in [-0.1, -0.05) is 90.7 Å². The van der Waals surface area contributed by atoms with E-state index in [1.165, 1.54) is 77.0 Å². The van der Waals surface area contributed by atoms with Gasteiger partial charge in [-0.25, -0.2) is 4.79 Å². The van der Waals surface area contributed by atoms with E-state index in [1.807, 2.05) is 0 Å². The number of hydrogen-bond donors (Lipinski definition) is 1. The van der Waals surface area contributed by atoms with Crippen LogP contribution in [-0.2, 0) is 4.79 Å². The summed E-state index contributed by atoms with van der Waals surface area (Å²) in [6, 6.07) is 0. The van der Waals surface area contributed by atoms with E-state index < -0.39 is 5.97 Å². The molecule has 0 rings (SSSR count). The molecule has 1 atom stereocenters. The van der Waals surface area contributed by atoms with Crippen LogP contribution in [0.5, 0.6) is 0 Å². The van der Waals surface area contributed by atoms with Gasteiger partial charge in [0.05, 0.1) is 0 Å². The summed E-state index contributed by atoms with van der Waals surface area (Å²) in [4.78, 5) is 11.6. The van der Waals surface area contributed by atoms with Gasteiger partial charge in [-0.15, -0.1) is 19.0 Å². The molecule has 0 aromatic carbocycles. The lowest BCUT2D eigenvalue weighted by atomic mass is 9.88. The molecule has 156 valence electrons. The molecule has 0 bridgehead atoms. The molecule has 0 aliphatic heterocycles. The van der Waals surface area contributed by atoms with Crippen LogP contribution in [0.3, 0.4) is 0 Å². The van der Waals surface area contributed by atoms with Gasteiger partial charge >= 0.3 is 5.97 Å². The summed E-state index contributed by atoms with van der Waals surface area (Å²) in [7, 11) is 4.36. The monoisotopic (exact) mass is 389 g/mol. The summed E-state index contributed by atoms with van der Waals surface area (Å²) in [5.41, 5.74) is 0.222. The van der Waals surface area contributed by atoms with Crippen LogP contribution in [0.4, 0.5) is 0 Å². The number of rotatable bonds is 15. The highest BCUT2D eigenvalue weighted by Gasteiger charge is 2.25. The minimum absolute atomic E-state index is 0. The van der Waals surface area contributed by atoms with Crippen molar-refractivity contribution in [3.63, 3.8) is 0 Å². The fourth-order valence-electron chi connectivity index (χ4n) is 3.06. The van der Waals surface area contributed by atoms with E-state index in [0.717, 1.165) is 6.08 Å². The molecule has 0 aliphatic carbocycles. The second-order valence-corrected chi connectivity index (χ2v) is 7.03. The summed E-state index contributed by atoms with van der Waals surface area (Å²) in [6.45, 7) is 11.6. The summed E-state index contributed by atoms with van der Waals surface area (Å²) in [5, 5.41) is 7.60. The molecule has 0 radical (unpaired) electrons. The Balaban J connectivity index is -0.000000772. The van der Waals surface area contributed by atoms with Crippen LogP contribution in [-0.4, -0.2) is 35.6 Å². The molecule has 26 heavy (non-hydrogen) atoms. The molecule has 0 amide bonds. The summed E-state index contributed by atoms with van der Waals surface area (Å²) in [6.07, 6.45) is 19.5. The van der Waals surface area contributed by atoms with Crippen molar-refractivity contribution in [2.45, 2.75) is 96.4 Å². The van der Waals surface area contributed by atoms with Crippen LogP contribution in [0.1, 0.15) is 90.9 Å². The van der Waals surface area contributed by atoms with Crippen molar-refractivity contribution in [1.29, 1.82) is 0 Å². The Hall–Kier alpha value is -0.800. The molecular formula is C22H44ClNO2. The number of unbranched alkanes of at least 4 members (excludes halogenated alkanes) is 9. The van der Waals surface area contributed by atoms with Gasteiger partial charge in [0, 0.05) is 11.6 Å². The maximum Gasteiger partial charge on any atom is 0.327 e. The first-order chi connectivity index (χ1) is 11.9. The van der Waals surface area contributed by atoms with Crippen LogP contribution < -0.4 is 0 Å². The Morgan fingerprint density at radius 1 is 0.923 bits per heavy atom. The Kier molecular flexibility index (Phi) is 23.6. The Labute approximate surface area is 169 Å². The predicted octanol–water partition coefficient (Wildman–Crippen LogP) is 6.87. The fourth-order valence-corrected chi connectivity index (χ4v) is 3.06. The van der Waals surface area contributed by atoms with E-state index in [2.05, 4.69) is 52.1 Å². The quantitative estimate of drug-likeness (QED) is 0.188. The molecule has 3 nitrogen and oxygen atoms in total. The van der Waals surface area contributed by atoms with Crippen LogP contribution in [0.25, 0.3) is 0 Å². The molecule has 0 saturated heterocycles. The summed E-state index contributed by atoms with van der Waals surface area (Å²) < 4.78 is 0. The number of likely N-dealkylation sites (N-methyl/N-ethyl adjacent to an activating group) is 1. The van der Waals surface area contributed by atoms with Crippen molar-refractivity contribution in [3.8, 4) is 0 Å². The maximum atomic E-state index is 9.25. The average Bonchev–Trinajstić information content (AvgIpc) is 2.60. The van der Waals surface area contributed by atoms with Gasteiger partial charge < -0.3 is 10.0 Å². The van der Waals surface area contributed by atoms with E-state index in [-0.39, 0.29) is 17.9 Å². The third-order valence-corrected chi connectivity index (χ3v) is 5.02. The van der Waals surface area contributed by atoms with Gasteiger partial charge in [0.2, 0.25) is 0 Å². The first-order valence-electron chi connectivity index (χ1n) is 10.1. The SMILES string of the molecule is C=CC(=O)O.C=CC(CC)(CCCCCCCCCCCC)N(C)C.Cl. The first kappa shape index (κ1) is 29.9. The maximum absolute atomic E-state index is 9.25. The molecular weight excluding hydrogens is 346 g/mol. The van der Waals surface area contributed by atoms with E-state index >= 15 is 0 Å².